The summed E-state index contributed by atoms with van der Waals surface area (Å²) < 4.78 is 7.72. The Morgan fingerprint density at radius 3 is 2.62 bits per heavy atom. The van der Waals surface area contributed by atoms with E-state index in [0.29, 0.717) is 17.4 Å². The lowest BCUT2D eigenvalue weighted by Crippen LogP contribution is -2.32. The van der Waals surface area contributed by atoms with Crippen LogP contribution in [-0.4, -0.2) is 37.7 Å². The second-order valence-corrected chi connectivity index (χ2v) is 7.63. The fraction of sp³-hybridized carbons (Fsp3) is 0.273. The number of pyridine rings is 2. The molecule has 146 valence electrons. The van der Waals surface area contributed by atoms with Crippen molar-refractivity contribution in [3.05, 3.63) is 59.6 Å². The predicted molar refractivity (Wildman–Crippen MR) is 115 cm³/mol. The topological polar surface area (TPSA) is 60.0 Å². The molecule has 1 saturated heterocycles. The molecule has 1 aliphatic heterocycles. The molecule has 7 heteroatoms. The van der Waals surface area contributed by atoms with Crippen LogP contribution in [0.3, 0.4) is 0 Å². The lowest BCUT2D eigenvalue weighted by Gasteiger charge is -2.25. The maximum atomic E-state index is 5.93. The Hall–Kier alpha value is -2.90. The van der Waals surface area contributed by atoms with Crippen molar-refractivity contribution in [1.82, 2.24) is 24.6 Å². The normalized spacial score (nSPS) is 15.0. The van der Waals surface area contributed by atoms with Gasteiger partial charge in [0.05, 0.1) is 29.1 Å². The third-order valence-electron chi connectivity index (χ3n) is 5.26. The number of fused-ring (bicyclic) bond motifs is 1. The van der Waals surface area contributed by atoms with Crippen molar-refractivity contribution in [2.75, 3.05) is 13.1 Å². The summed E-state index contributed by atoms with van der Waals surface area (Å²) in [6.07, 6.45) is 5.51. The van der Waals surface area contributed by atoms with E-state index < -0.39 is 0 Å². The van der Waals surface area contributed by atoms with Gasteiger partial charge < -0.3 is 4.42 Å². The van der Waals surface area contributed by atoms with Crippen LogP contribution in [0.25, 0.3) is 33.7 Å². The van der Waals surface area contributed by atoms with Gasteiger partial charge in [0, 0.05) is 11.6 Å². The Kier molecular flexibility index (Phi) is 4.91. The third-order valence-corrected chi connectivity index (χ3v) is 5.56. The minimum Gasteiger partial charge on any atom is -0.409 e. The van der Waals surface area contributed by atoms with E-state index in [1.165, 1.54) is 19.3 Å². The Balaban J connectivity index is 1.59. The molecule has 1 aromatic carbocycles. The first-order chi connectivity index (χ1) is 14.3. The van der Waals surface area contributed by atoms with Crippen LogP contribution in [-0.2, 0) is 6.67 Å². The molecule has 6 nitrogen and oxygen atoms in total. The van der Waals surface area contributed by atoms with E-state index in [1.54, 1.807) is 10.9 Å². The monoisotopic (exact) mass is 403 g/mol. The van der Waals surface area contributed by atoms with Gasteiger partial charge in [-0.3, -0.25) is 9.88 Å². The molecule has 0 saturated carbocycles. The minimum absolute atomic E-state index is 0.394. The zero-order valence-electron chi connectivity index (χ0n) is 16.0. The maximum Gasteiger partial charge on any atom is 0.288 e. The van der Waals surface area contributed by atoms with Crippen LogP contribution in [0.1, 0.15) is 19.3 Å². The van der Waals surface area contributed by atoms with Crippen LogP contribution in [0.4, 0.5) is 0 Å². The summed E-state index contributed by atoms with van der Waals surface area (Å²) in [4.78, 5) is 12.0. The molecule has 5 rings (SSSR count). The highest BCUT2D eigenvalue weighted by atomic mass is 32.1. The average molecular weight is 404 g/mol. The minimum atomic E-state index is 0.394. The first kappa shape index (κ1) is 18.1. The van der Waals surface area contributed by atoms with Gasteiger partial charge >= 0.3 is 0 Å². The molecular weight excluding hydrogens is 382 g/mol. The van der Waals surface area contributed by atoms with Crippen molar-refractivity contribution >= 4 is 23.1 Å². The number of rotatable bonds is 4. The number of benzene rings is 1. The Labute approximate surface area is 173 Å². The summed E-state index contributed by atoms with van der Waals surface area (Å²) >= 11 is 5.47. The first-order valence-electron chi connectivity index (χ1n) is 9.90. The summed E-state index contributed by atoms with van der Waals surface area (Å²) in [6, 6.07) is 15.8. The summed E-state index contributed by atoms with van der Waals surface area (Å²) in [5, 5.41) is 5.70. The van der Waals surface area contributed by atoms with Crippen LogP contribution < -0.4 is 0 Å². The van der Waals surface area contributed by atoms with E-state index in [1.807, 2.05) is 48.5 Å². The van der Waals surface area contributed by atoms with E-state index in [4.69, 9.17) is 26.7 Å². The zero-order chi connectivity index (χ0) is 19.6. The Bertz CT molecular complexity index is 1190. The highest BCUT2D eigenvalue weighted by molar-refractivity contribution is 7.71. The SMILES string of the molecule is S=c1oc(-c2cc(-c3ccccn3)nc3ccccc23)nn1CN1CCCCC1. The quantitative estimate of drug-likeness (QED) is 0.451. The van der Waals surface area contributed by atoms with E-state index >= 15 is 0 Å². The van der Waals surface area contributed by atoms with Crippen molar-refractivity contribution in [3.63, 3.8) is 0 Å². The largest absolute Gasteiger partial charge is 0.409 e. The van der Waals surface area contributed by atoms with Crippen LogP contribution >= 0.6 is 12.2 Å². The first-order valence-corrected chi connectivity index (χ1v) is 10.3. The molecule has 0 atom stereocenters. The Morgan fingerprint density at radius 1 is 0.966 bits per heavy atom. The summed E-state index contributed by atoms with van der Waals surface area (Å²) in [6.45, 7) is 2.82. The van der Waals surface area contributed by atoms with E-state index in [0.717, 1.165) is 40.9 Å². The molecule has 4 heterocycles. The molecule has 0 bridgehead atoms. The number of aromatic nitrogens is 4. The van der Waals surface area contributed by atoms with Gasteiger partial charge in [-0.2, -0.15) is 0 Å². The van der Waals surface area contributed by atoms with Gasteiger partial charge in [-0.15, -0.1) is 5.10 Å². The van der Waals surface area contributed by atoms with Crippen LogP contribution in [0.5, 0.6) is 0 Å². The summed E-state index contributed by atoms with van der Waals surface area (Å²) in [7, 11) is 0. The van der Waals surface area contributed by atoms with Crippen LogP contribution in [0.2, 0.25) is 0 Å². The van der Waals surface area contributed by atoms with E-state index in [-0.39, 0.29) is 0 Å². The van der Waals surface area contributed by atoms with Crippen molar-refractivity contribution in [1.29, 1.82) is 0 Å². The molecule has 0 radical (unpaired) electrons. The van der Waals surface area contributed by atoms with Crippen LogP contribution in [0.15, 0.2) is 59.1 Å². The van der Waals surface area contributed by atoms with Gasteiger partial charge in [0.1, 0.15) is 0 Å². The van der Waals surface area contributed by atoms with Gasteiger partial charge in [0.15, 0.2) is 0 Å². The molecule has 4 aromatic rings. The van der Waals surface area contributed by atoms with Crippen molar-refractivity contribution in [2.24, 2.45) is 0 Å². The number of hydrogen-bond donors (Lipinski definition) is 0. The Morgan fingerprint density at radius 2 is 1.79 bits per heavy atom. The highest BCUT2D eigenvalue weighted by Gasteiger charge is 2.17. The summed E-state index contributed by atoms with van der Waals surface area (Å²) in [5.74, 6) is 0.516. The number of para-hydroxylation sites is 1. The van der Waals surface area contributed by atoms with Gasteiger partial charge in [-0.05, 0) is 62.4 Å². The fourth-order valence-electron chi connectivity index (χ4n) is 3.79. The number of piperidine rings is 1. The van der Waals surface area contributed by atoms with Gasteiger partial charge in [0.25, 0.3) is 4.84 Å². The average Bonchev–Trinajstić information content (AvgIpc) is 3.14. The van der Waals surface area contributed by atoms with E-state index in [9.17, 15) is 0 Å². The van der Waals surface area contributed by atoms with Crippen LogP contribution in [0, 0.1) is 4.84 Å². The molecule has 29 heavy (non-hydrogen) atoms. The molecule has 0 unspecified atom stereocenters. The van der Waals surface area contributed by atoms with Crippen molar-refractivity contribution in [3.8, 4) is 22.8 Å². The number of likely N-dealkylation sites (tertiary alicyclic amines) is 1. The molecule has 0 aliphatic carbocycles. The highest BCUT2D eigenvalue weighted by Crippen LogP contribution is 2.31. The molecule has 1 aliphatic rings. The number of nitrogens with zero attached hydrogens (tertiary/aromatic N) is 5. The molecule has 3 aromatic heterocycles. The maximum absolute atomic E-state index is 5.93. The molecule has 0 amide bonds. The second-order valence-electron chi connectivity index (χ2n) is 7.28. The molecule has 0 N–H and O–H groups in total. The standard InChI is InChI=1S/C22H21N5OS/c29-22-27(15-26-12-6-1-7-13-26)25-21(28-22)17-14-20(19-10-4-5-11-23-19)24-18-9-3-2-8-16(17)18/h2-5,8-11,14H,1,6-7,12-13,15H2. The fourth-order valence-corrected chi connectivity index (χ4v) is 3.97. The summed E-state index contributed by atoms with van der Waals surface area (Å²) in [5.41, 5.74) is 3.34. The third kappa shape index (κ3) is 3.71. The zero-order valence-corrected chi connectivity index (χ0v) is 16.8. The molecule has 1 fully saturated rings. The number of hydrogen-bond acceptors (Lipinski definition) is 6. The lowest BCUT2D eigenvalue weighted by atomic mass is 10.1. The molecular formula is C22H21N5OS. The van der Waals surface area contributed by atoms with Crippen molar-refractivity contribution in [2.45, 2.75) is 25.9 Å². The lowest BCUT2D eigenvalue weighted by molar-refractivity contribution is 0.170. The van der Waals surface area contributed by atoms with Crippen molar-refractivity contribution < 1.29 is 4.42 Å². The van der Waals surface area contributed by atoms with E-state index in [2.05, 4.69) is 9.88 Å². The predicted octanol–water partition coefficient (Wildman–Crippen LogP) is 4.93. The second kappa shape index (κ2) is 7.85. The van der Waals surface area contributed by atoms with Gasteiger partial charge in [0.2, 0.25) is 5.89 Å². The smallest absolute Gasteiger partial charge is 0.288 e. The van der Waals surface area contributed by atoms with Gasteiger partial charge in [-0.1, -0.05) is 30.7 Å². The molecule has 0 spiro atoms. The van der Waals surface area contributed by atoms with Gasteiger partial charge in [-0.25, -0.2) is 9.67 Å².